The number of nitrogens with zero attached hydrogens (tertiary/aromatic N) is 1. The van der Waals surface area contributed by atoms with Crippen molar-refractivity contribution in [3.8, 4) is 5.75 Å². The number of amides is 1. The van der Waals surface area contributed by atoms with Crippen LogP contribution in [0.5, 0.6) is 5.75 Å². The van der Waals surface area contributed by atoms with Crippen LogP contribution in [0.4, 0.5) is 5.69 Å². The van der Waals surface area contributed by atoms with Crippen molar-refractivity contribution in [2.75, 3.05) is 26.0 Å². The van der Waals surface area contributed by atoms with E-state index in [9.17, 15) is 4.79 Å². The molecule has 1 amide bonds. The molecule has 0 radical (unpaired) electrons. The molecule has 5 heteroatoms. The van der Waals surface area contributed by atoms with E-state index >= 15 is 0 Å². The van der Waals surface area contributed by atoms with Crippen molar-refractivity contribution >= 4 is 24.0 Å². The molecule has 1 saturated heterocycles. The first-order valence-corrected chi connectivity index (χ1v) is 9.41. The topological polar surface area (TPSA) is 41.6 Å². The van der Waals surface area contributed by atoms with Gasteiger partial charge in [-0.05, 0) is 75.2 Å². The highest BCUT2D eigenvalue weighted by Crippen LogP contribution is 2.23. The second-order valence-electron chi connectivity index (χ2n) is 7.01. The van der Waals surface area contributed by atoms with E-state index in [2.05, 4.69) is 23.3 Å². The number of methoxy groups -OCH3 is 1. The Morgan fingerprint density at radius 1 is 1.15 bits per heavy atom. The van der Waals surface area contributed by atoms with Crippen LogP contribution in [0.2, 0.25) is 0 Å². The summed E-state index contributed by atoms with van der Waals surface area (Å²) < 4.78 is 5.15. The molecule has 1 aliphatic heterocycles. The summed E-state index contributed by atoms with van der Waals surface area (Å²) in [6, 6.07) is 16.0. The number of ether oxygens (including phenoxy) is 1. The lowest BCUT2D eigenvalue weighted by Gasteiger charge is -2.32. The van der Waals surface area contributed by atoms with Gasteiger partial charge >= 0.3 is 0 Å². The highest BCUT2D eigenvalue weighted by atomic mass is 35.5. The zero-order valence-corrected chi connectivity index (χ0v) is 16.9. The van der Waals surface area contributed by atoms with Crippen molar-refractivity contribution in [2.24, 2.45) is 0 Å². The van der Waals surface area contributed by atoms with Crippen molar-refractivity contribution in [1.82, 2.24) is 4.90 Å². The summed E-state index contributed by atoms with van der Waals surface area (Å²) in [7, 11) is 3.84. The number of halogens is 1. The Morgan fingerprint density at radius 2 is 1.89 bits per heavy atom. The third-order valence-electron chi connectivity index (χ3n) is 5.29. The number of para-hydroxylation sites is 1. The van der Waals surface area contributed by atoms with E-state index in [-0.39, 0.29) is 18.3 Å². The Labute approximate surface area is 168 Å². The molecule has 146 valence electrons. The molecular formula is C22H29ClN2O2. The van der Waals surface area contributed by atoms with Gasteiger partial charge in [-0.2, -0.15) is 0 Å². The number of anilines is 1. The summed E-state index contributed by atoms with van der Waals surface area (Å²) in [5.41, 5.74) is 2.74. The minimum Gasteiger partial charge on any atom is -0.497 e. The van der Waals surface area contributed by atoms with Gasteiger partial charge in [-0.15, -0.1) is 12.4 Å². The zero-order valence-electron chi connectivity index (χ0n) is 16.1. The fraction of sp³-hybridized carbons (Fsp3) is 0.409. The summed E-state index contributed by atoms with van der Waals surface area (Å²) in [4.78, 5) is 15.0. The molecule has 1 fully saturated rings. The van der Waals surface area contributed by atoms with Crippen LogP contribution in [0.15, 0.2) is 48.5 Å². The third kappa shape index (κ3) is 5.72. The van der Waals surface area contributed by atoms with Crippen molar-refractivity contribution in [2.45, 2.75) is 38.1 Å². The van der Waals surface area contributed by atoms with E-state index in [1.54, 1.807) is 31.4 Å². The minimum absolute atomic E-state index is 0. The maximum absolute atomic E-state index is 12.6. The molecule has 2 aromatic rings. The molecule has 0 saturated carbocycles. The molecule has 3 rings (SSSR count). The summed E-state index contributed by atoms with van der Waals surface area (Å²) in [5, 5.41) is 3.07. The number of hydrogen-bond donors (Lipinski definition) is 1. The van der Waals surface area contributed by atoms with Gasteiger partial charge in [0.2, 0.25) is 0 Å². The van der Waals surface area contributed by atoms with Crippen molar-refractivity contribution < 1.29 is 9.53 Å². The third-order valence-corrected chi connectivity index (χ3v) is 5.29. The Hall–Kier alpha value is -2.04. The molecule has 2 aromatic carbocycles. The number of carbonyl (C=O) groups is 1. The molecule has 1 aliphatic rings. The Kier molecular flexibility index (Phi) is 8.14. The van der Waals surface area contributed by atoms with Gasteiger partial charge in [-0.1, -0.05) is 24.6 Å². The SMILES string of the molecule is COc1ccc(C(=O)Nc2ccccc2CC[C@@H]2CCCCN2C)cc1.Cl. The van der Waals surface area contributed by atoms with Gasteiger partial charge in [0, 0.05) is 17.3 Å². The molecule has 0 spiro atoms. The number of nitrogens with one attached hydrogen (secondary N) is 1. The molecule has 0 aliphatic carbocycles. The maximum atomic E-state index is 12.6. The fourth-order valence-electron chi connectivity index (χ4n) is 3.63. The zero-order chi connectivity index (χ0) is 18.4. The van der Waals surface area contributed by atoms with Crippen LogP contribution in [0.1, 0.15) is 41.6 Å². The number of rotatable bonds is 6. The first-order valence-electron chi connectivity index (χ1n) is 9.41. The highest BCUT2D eigenvalue weighted by molar-refractivity contribution is 6.04. The molecule has 4 nitrogen and oxygen atoms in total. The monoisotopic (exact) mass is 388 g/mol. The van der Waals surface area contributed by atoms with Crippen molar-refractivity contribution in [3.05, 3.63) is 59.7 Å². The molecule has 1 atom stereocenters. The minimum atomic E-state index is -0.0881. The first-order chi connectivity index (χ1) is 12.7. The predicted molar refractivity (Wildman–Crippen MR) is 113 cm³/mol. The number of likely N-dealkylation sites (tertiary alicyclic amines) is 1. The van der Waals surface area contributed by atoms with E-state index < -0.39 is 0 Å². The largest absolute Gasteiger partial charge is 0.497 e. The van der Waals surface area contributed by atoms with E-state index in [0.29, 0.717) is 11.6 Å². The van der Waals surface area contributed by atoms with Crippen molar-refractivity contribution in [3.63, 3.8) is 0 Å². The van der Waals surface area contributed by atoms with Crippen LogP contribution in [0, 0.1) is 0 Å². The van der Waals surface area contributed by atoms with Gasteiger partial charge in [-0.3, -0.25) is 4.79 Å². The lowest BCUT2D eigenvalue weighted by molar-refractivity contribution is 0.102. The van der Waals surface area contributed by atoms with Gasteiger partial charge in [0.1, 0.15) is 5.75 Å². The Morgan fingerprint density at radius 3 is 2.59 bits per heavy atom. The lowest BCUT2D eigenvalue weighted by atomic mass is 9.96. The highest BCUT2D eigenvalue weighted by Gasteiger charge is 2.19. The molecule has 27 heavy (non-hydrogen) atoms. The molecular weight excluding hydrogens is 360 g/mol. The molecule has 0 aromatic heterocycles. The average Bonchev–Trinajstić information content (AvgIpc) is 2.68. The van der Waals surface area contributed by atoms with E-state index in [4.69, 9.17) is 4.74 Å². The van der Waals surface area contributed by atoms with Gasteiger partial charge in [-0.25, -0.2) is 0 Å². The predicted octanol–water partition coefficient (Wildman–Crippen LogP) is 4.79. The fourth-order valence-corrected chi connectivity index (χ4v) is 3.63. The normalized spacial score (nSPS) is 17.0. The number of carbonyl (C=O) groups excluding carboxylic acids is 1. The molecule has 1 heterocycles. The number of piperidine rings is 1. The Balaban J connectivity index is 0.00000261. The van der Waals surface area contributed by atoms with E-state index in [1.807, 2.05) is 18.2 Å². The van der Waals surface area contributed by atoms with Crippen LogP contribution < -0.4 is 10.1 Å². The maximum Gasteiger partial charge on any atom is 0.255 e. The molecule has 0 bridgehead atoms. The number of hydrogen-bond acceptors (Lipinski definition) is 3. The Bertz CT molecular complexity index is 733. The molecule has 1 N–H and O–H groups in total. The van der Waals surface area contributed by atoms with Crippen LogP contribution in [-0.4, -0.2) is 37.6 Å². The van der Waals surface area contributed by atoms with E-state index in [1.165, 1.54) is 31.4 Å². The van der Waals surface area contributed by atoms with Crippen LogP contribution in [0.25, 0.3) is 0 Å². The standard InChI is InChI=1S/C22H28N2O2.ClH/c1-24-16-6-5-8-19(24)13-10-17-7-3-4-9-21(17)23-22(25)18-11-14-20(26-2)15-12-18;/h3-4,7,9,11-12,14-15,19H,5-6,8,10,13,16H2,1-2H3,(H,23,25);1H/t19-;/m0./s1. The summed E-state index contributed by atoms with van der Waals surface area (Å²) in [6.07, 6.45) is 6.02. The van der Waals surface area contributed by atoms with Gasteiger partial charge < -0.3 is 15.0 Å². The summed E-state index contributed by atoms with van der Waals surface area (Å²) in [5.74, 6) is 0.661. The second-order valence-corrected chi connectivity index (χ2v) is 7.01. The smallest absolute Gasteiger partial charge is 0.255 e. The van der Waals surface area contributed by atoms with Crippen LogP contribution >= 0.6 is 12.4 Å². The van der Waals surface area contributed by atoms with Gasteiger partial charge in [0.05, 0.1) is 7.11 Å². The van der Waals surface area contributed by atoms with Crippen molar-refractivity contribution in [1.29, 1.82) is 0 Å². The lowest BCUT2D eigenvalue weighted by Crippen LogP contribution is -2.36. The quantitative estimate of drug-likeness (QED) is 0.773. The van der Waals surface area contributed by atoms with Crippen LogP contribution in [0.3, 0.4) is 0 Å². The summed E-state index contributed by atoms with van der Waals surface area (Å²) in [6.45, 7) is 1.19. The molecule has 0 unspecified atom stereocenters. The number of aryl methyl sites for hydroxylation is 1. The second kappa shape index (κ2) is 10.3. The van der Waals surface area contributed by atoms with E-state index in [0.717, 1.165) is 24.3 Å². The van der Waals surface area contributed by atoms with Gasteiger partial charge in [0.25, 0.3) is 5.91 Å². The average molecular weight is 389 g/mol. The first kappa shape index (κ1) is 21.3. The number of benzene rings is 2. The van der Waals surface area contributed by atoms with Gasteiger partial charge in [0.15, 0.2) is 0 Å². The van der Waals surface area contributed by atoms with Crippen LogP contribution in [-0.2, 0) is 6.42 Å². The summed E-state index contributed by atoms with van der Waals surface area (Å²) >= 11 is 0.